The lowest BCUT2D eigenvalue weighted by Gasteiger charge is -2.33. The van der Waals surface area contributed by atoms with Crippen molar-refractivity contribution in [1.82, 2.24) is 0 Å². The van der Waals surface area contributed by atoms with Gasteiger partial charge in [0.1, 0.15) is 0 Å². The Morgan fingerprint density at radius 1 is 0.824 bits per heavy atom. The maximum Gasteiger partial charge on any atom is 0.0159 e. The van der Waals surface area contributed by atoms with Crippen molar-refractivity contribution in [2.45, 2.75) is 91.5 Å². The van der Waals surface area contributed by atoms with Crippen LogP contribution in [-0.4, -0.2) is 5.54 Å². The fraction of sp³-hybridized carbons (Fsp3) is 1.00. The van der Waals surface area contributed by atoms with Crippen LogP contribution in [0.4, 0.5) is 0 Å². The molecular formula is C16H35N. The summed E-state index contributed by atoms with van der Waals surface area (Å²) in [5.74, 6) is 1.43. The molecule has 0 aliphatic heterocycles. The van der Waals surface area contributed by atoms with Gasteiger partial charge in [-0.3, -0.25) is 0 Å². The summed E-state index contributed by atoms with van der Waals surface area (Å²) in [5, 5.41) is 0. The van der Waals surface area contributed by atoms with Gasteiger partial charge in [0.2, 0.25) is 0 Å². The van der Waals surface area contributed by atoms with E-state index < -0.39 is 0 Å². The van der Waals surface area contributed by atoms with Gasteiger partial charge in [0.25, 0.3) is 0 Å². The molecule has 0 heterocycles. The second kappa shape index (κ2) is 8.97. The van der Waals surface area contributed by atoms with Crippen LogP contribution >= 0.6 is 0 Å². The zero-order chi connectivity index (χ0) is 13.3. The Balaban J connectivity index is 4.00. The van der Waals surface area contributed by atoms with Crippen LogP contribution in [-0.2, 0) is 0 Å². The lowest BCUT2D eigenvalue weighted by atomic mass is 9.79. The van der Waals surface area contributed by atoms with Crippen molar-refractivity contribution in [3.63, 3.8) is 0 Å². The van der Waals surface area contributed by atoms with E-state index in [2.05, 4.69) is 34.6 Å². The van der Waals surface area contributed by atoms with Gasteiger partial charge >= 0.3 is 0 Å². The Morgan fingerprint density at radius 2 is 1.29 bits per heavy atom. The highest BCUT2D eigenvalue weighted by atomic mass is 14.7. The van der Waals surface area contributed by atoms with Crippen molar-refractivity contribution in [3.05, 3.63) is 0 Å². The van der Waals surface area contributed by atoms with Crippen LogP contribution < -0.4 is 5.73 Å². The molecule has 0 fully saturated rings. The Hall–Kier alpha value is -0.0400. The Kier molecular flexibility index (Phi) is 8.94. The average molecular weight is 241 g/mol. The minimum atomic E-state index is 0.0918. The number of hydrogen-bond donors (Lipinski definition) is 1. The molecular weight excluding hydrogens is 206 g/mol. The van der Waals surface area contributed by atoms with Gasteiger partial charge in [-0.1, -0.05) is 66.7 Å². The summed E-state index contributed by atoms with van der Waals surface area (Å²) in [4.78, 5) is 0. The van der Waals surface area contributed by atoms with E-state index in [1.54, 1.807) is 0 Å². The third-order valence-corrected chi connectivity index (χ3v) is 3.41. The van der Waals surface area contributed by atoms with E-state index in [-0.39, 0.29) is 5.54 Å². The zero-order valence-corrected chi connectivity index (χ0v) is 12.9. The molecule has 0 rings (SSSR count). The zero-order valence-electron chi connectivity index (χ0n) is 12.9. The van der Waals surface area contributed by atoms with Crippen LogP contribution in [0.3, 0.4) is 0 Å². The number of nitrogens with two attached hydrogens (primary N) is 1. The molecule has 0 unspecified atom stereocenters. The normalized spacial score (nSPS) is 12.7. The molecule has 0 aromatic rings. The first-order valence-electron chi connectivity index (χ1n) is 7.68. The number of rotatable bonds is 10. The van der Waals surface area contributed by atoms with E-state index in [9.17, 15) is 0 Å². The molecule has 0 bridgehead atoms. The summed E-state index contributed by atoms with van der Waals surface area (Å²) in [5.41, 5.74) is 6.71. The van der Waals surface area contributed by atoms with Gasteiger partial charge in [-0.2, -0.15) is 0 Å². The smallest absolute Gasteiger partial charge is 0.0159 e. The largest absolute Gasteiger partial charge is 0.325 e. The Bertz CT molecular complexity index is 162. The summed E-state index contributed by atoms with van der Waals surface area (Å²) in [7, 11) is 0. The molecule has 0 radical (unpaired) electrons. The van der Waals surface area contributed by atoms with Crippen LogP contribution in [0.2, 0.25) is 0 Å². The van der Waals surface area contributed by atoms with Gasteiger partial charge in [-0.25, -0.2) is 0 Å². The summed E-state index contributed by atoms with van der Waals surface area (Å²) in [6, 6.07) is 0. The second-order valence-corrected chi connectivity index (χ2v) is 6.72. The molecule has 2 N–H and O–H groups in total. The first kappa shape index (κ1) is 17.0. The molecule has 0 atom stereocenters. The van der Waals surface area contributed by atoms with Crippen LogP contribution in [0.1, 0.15) is 86.0 Å². The fourth-order valence-electron chi connectivity index (χ4n) is 2.99. The first-order valence-corrected chi connectivity index (χ1v) is 7.68. The van der Waals surface area contributed by atoms with Crippen molar-refractivity contribution in [2.75, 3.05) is 0 Å². The van der Waals surface area contributed by atoms with Crippen LogP contribution in [0, 0.1) is 11.8 Å². The van der Waals surface area contributed by atoms with Gasteiger partial charge in [-0.05, 0) is 31.1 Å². The molecule has 0 saturated carbocycles. The monoisotopic (exact) mass is 241 g/mol. The lowest BCUT2D eigenvalue weighted by molar-refractivity contribution is 0.259. The number of hydrogen-bond acceptors (Lipinski definition) is 1. The maximum atomic E-state index is 6.61. The van der Waals surface area contributed by atoms with Crippen LogP contribution in [0.5, 0.6) is 0 Å². The second-order valence-electron chi connectivity index (χ2n) is 6.72. The molecule has 0 amide bonds. The van der Waals surface area contributed by atoms with Crippen molar-refractivity contribution >= 4 is 0 Å². The highest BCUT2D eigenvalue weighted by molar-refractivity contribution is 4.86. The molecule has 1 nitrogen and oxygen atoms in total. The summed E-state index contributed by atoms with van der Waals surface area (Å²) in [6.45, 7) is 11.4. The summed E-state index contributed by atoms with van der Waals surface area (Å²) in [6.07, 6.45) is 10.3. The van der Waals surface area contributed by atoms with E-state index in [0.717, 1.165) is 11.8 Å². The highest BCUT2D eigenvalue weighted by Crippen LogP contribution is 2.28. The van der Waals surface area contributed by atoms with Gasteiger partial charge in [0.05, 0.1) is 0 Å². The molecule has 1 heteroatoms. The van der Waals surface area contributed by atoms with E-state index in [1.165, 1.54) is 51.4 Å². The molecule has 17 heavy (non-hydrogen) atoms. The SMILES string of the molecule is CCCCCCCC(N)(CC(C)C)CC(C)C. The molecule has 104 valence electrons. The Morgan fingerprint density at radius 3 is 1.71 bits per heavy atom. The topological polar surface area (TPSA) is 26.0 Å². The van der Waals surface area contributed by atoms with Gasteiger partial charge in [0.15, 0.2) is 0 Å². The van der Waals surface area contributed by atoms with Crippen molar-refractivity contribution < 1.29 is 0 Å². The third kappa shape index (κ3) is 9.64. The summed E-state index contributed by atoms with van der Waals surface area (Å²) >= 11 is 0. The maximum absolute atomic E-state index is 6.61. The van der Waals surface area contributed by atoms with Gasteiger partial charge in [-0.15, -0.1) is 0 Å². The molecule has 0 saturated heterocycles. The third-order valence-electron chi connectivity index (χ3n) is 3.41. The highest BCUT2D eigenvalue weighted by Gasteiger charge is 2.26. The molecule has 0 aliphatic carbocycles. The Labute approximate surface area is 110 Å². The lowest BCUT2D eigenvalue weighted by Crippen LogP contribution is -2.42. The van der Waals surface area contributed by atoms with E-state index in [1.807, 2.05) is 0 Å². The standard InChI is InChI=1S/C16H35N/c1-6-7-8-9-10-11-16(17,12-14(2)3)13-15(4)5/h14-15H,6-13,17H2,1-5H3. The van der Waals surface area contributed by atoms with Gasteiger partial charge < -0.3 is 5.73 Å². The predicted octanol–water partition coefficient (Wildman–Crippen LogP) is 5.14. The van der Waals surface area contributed by atoms with Crippen LogP contribution in [0.25, 0.3) is 0 Å². The number of unbranched alkanes of at least 4 members (excludes halogenated alkanes) is 4. The fourth-order valence-corrected chi connectivity index (χ4v) is 2.99. The van der Waals surface area contributed by atoms with Crippen molar-refractivity contribution in [2.24, 2.45) is 17.6 Å². The minimum Gasteiger partial charge on any atom is -0.325 e. The molecule has 0 aromatic carbocycles. The van der Waals surface area contributed by atoms with E-state index in [4.69, 9.17) is 5.73 Å². The van der Waals surface area contributed by atoms with Crippen LogP contribution in [0.15, 0.2) is 0 Å². The molecule has 0 spiro atoms. The summed E-state index contributed by atoms with van der Waals surface area (Å²) < 4.78 is 0. The predicted molar refractivity (Wildman–Crippen MR) is 79.2 cm³/mol. The quantitative estimate of drug-likeness (QED) is 0.527. The van der Waals surface area contributed by atoms with Gasteiger partial charge in [0, 0.05) is 5.54 Å². The van der Waals surface area contributed by atoms with Crippen molar-refractivity contribution in [1.29, 1.82) is 0 Å². The average Bonchev–Trinajstić information content (AvgIpc) is 2.14. The minimum absolute atomic E-state index is 0.0918. The van der Waals surface area contributed by atoms with E-state index >= 15 is 0 Å². The van der Waals surface area contributed by atoms with E-state index in [0.29, 0.717) is 0 Å². The molecule has 0 aliphatic rings. The molecule has 0 aromatic heterocycles. The van der Waals surface area contributed by atoms with Crippen molar-refractivity contribution in [3.8, 4) is 0 Å². The first-order chi connectivity index (χ1) is 7.89.